The summed E-state index contributed by atoms with van der Waals surface area (Å²) in [5, 5.41) is 11.4. The zero-order valence-electron chi connectivity index (χ0n) is 22.8. The first-order valence-corrected chi connectivity index (χ1v) is 13.0. The highest BCUT2D eigenvalue weighted by atomic mass is 16.5. The molecule has 39 heavy (non-hydrogen) atoms. The highest BCUT2D eigenvalue weighted by molar-refractivity contribution is 5.90. The molecule has 0 saturated heterocycles. The van der Waals surface area contributed by atoms with E-state index in [0.717, 1.165) is 17.5 Å². The van der Waals surface area contributed by atoms with Gasteiger partial charge in [0.25, 0.3) is 0 Å². The highest BCUT2D eigenvalue weighted by Crippen LogP contribution is 2.34. The molecule has 204 valence electrons. The molecule has 4 rings (SSSR count). The third kappa shape index (κ3) is 6.73. The van der Waals surface area contributed by atoms with Crippen molar-refractivity contribution in [2.24, 2.45) is 5.92 Å². The lowest BCUT2D eigenvalue weighted by Gasteiger charge is -2.32. The van der Waals surface area contributed by atoms with E-state index in [1.807, 2.05) is 54.6 Å². The molecule has 0 aliphatic heterocycles. The van der Waals surface area contributed by atoms with Gasteiger partial charge in [-0.2, -0.15) is 0 Å². The zero-order valence-corrected chi connectivity index (χ0v) is 22.8. The summed E-state index contributed by atoms with van der Waals surface area (Å²) in [6.45, 7) is 4.82. The van der Waals surface area contributed by atoms with Crippen LogP contribution in [-0.2, 0) is 22.7 Å². The normalized spacial score (nSPS) is 11.8. The van der Waals surface area contributed by atoms with Crippen LogP contribution in [0.4, 0.5) is 0 Å². The number of benzene rings is 3. The summed E-state index contributed by atoms with van der Waals surface area (Å²) >= 11 is 0. The van der Waals surface area contributed by atoms with Gasteiger partial charge in [0.15, 0.2) is 0 Å². The minimum Gasteiger partial charge on any atom is -0.497 e. The molecular weight excluding hydrogens is 494 g/mol. The molecule has 1 atom stereocenters. The number of nitrogens with one attached hydrogen (secondary N) is 1. The Morgan fingerprint density at radius 2 is 1.72 bits per heavy atom. The van der Waals surface area contributed by atoms with Gasteiger partial charge in [-0.1, -0.05) is 61.5 Å². The number of aromatic nitrogens is 3. The van der Waals surface area contributed by atoms with Gasteiger partial charge in [-0.25, -0.2) is 4.68 Å². The molecule has 1 unspecified atom stereocenters. The number of fused-ring (bicyclic) bond motifs is 1. The van der Waals surface area contributed by atoms with E-state index >= 15 is 0 Å². The summed E-state index contributed by atoms with van der Waals surface area (Å²) in [4.78, 5) is 29.5. The lowest BCUT2D eigenvalue weighted by Crippen LogP contribution is -2.45. The van der Waals surface area contributed by atoms with Crippen LogP contribution < -0.4 is 14.8 Å². The van der Waals surface area contributed by atoms with Gasteiger partial charge in [-0.15, -0.1) is 5.10 Å². The molecule has 9 nitrogen and oxygen atoms in total. The van der Waals surface area contributed by atoms with Crippen LogP contribution in [0.3, 0.4) is 0 Å². The van der Waals surface area contributed by atoms with Crippen LogP contribution in [0.25, 0.3) is 11.0 Å². The Morgan fingerprint density at radius 1 is 0.974 bits per heavy atom. The van der Waals surface area contributed by atoms with Crippen LogP contribution in [0.5, 0.6) is 11.5 Å². The Morgan fingerprint density at radius 3 is 2.44 bits per heavy atom. The van der Waals surface area contributed by atoms with Gasteiger partial charge in [-0.05, 0) is 42.2 Å². The highest BCUT2D eigenvalue weighted by Gasteiger charge is 2.34. The SMILES string of the molecule is COc1ccc(C(C(=O)NCCC(C)C)N(Cc2ccccc2)C(=O)Cn2nnc3ccccc32)c(OC)c1. The molecule has 0 fully saturated rings. The third-order valence-corrected chi connectivity index (χ3v) is 6.54. The molecule has 0 bridgehead atoms. The second-order valence-corrected chi connectivity index (χ2v) is 9.73. The van der Waals surface area contributed by atoms with Gasteiger partial charge in [0, 0.05) is 24.7 Å². The third-order valence-electron chi connectivity index (χ3n) is 6.54. The number of amides is 2. The molecule has 1 aromatic heterocycles. The van der Waals surface area contributed by atoms with Crippen molar-refractivity contribution in [3.63, 3.8) is 0 Å². The number of hydrogen-bond acceptors (Lipinski definition) is 6. The van der Waals surface area contributed by atoms with E-state index in [9.17, 15) is 9.59 Å². The molecule has 2 amide bonds. The summed E-state index contributed by atoms with van der Waals surface area (Å²) in [6.07, 6.45) is 0.815. The van der Waals surface area contributed by atoms with Gasteiger partial charge in [0.1, 0.15) is 29.6 Å². The molecule has 0 aliphatic carbocycles. The van der Waals surface area contributed by atoms with E-state index < -0.39 is 6.04 Å². The molecule has 1 heterocycles. The largest absolute Gasteiger partial charge is 0.497 e. The van der Waals surface area contributed by atoms with Gasteiger partial charge in [-0.3, -0.25) is 9.59 Å². The minimum atomic E-state index is -0.958. The first-order chi connectivity index (χ1) is 18.9. The molecule has 9 heteroatoms. The Balaban J connectivity index is 1.77. The first kappa shape index (κ1) is 27.6. The van der Waals surface area contributed by atoms with E-state index in [-0.39, 0.29) is 24.9 Å². The molecule has 0 radical (unpaired) electrons. The summed E-state index contributed by atoms with van der Waals surface area (Å²) in [5.41, 5.74) is 2.89. The predicted octanol–water partition coefficient (Wildman–Crippen LogP) is 4.38. The molecule has 0 saturated carbocycles. The number of hydrogen-bond donors (Lipinski definition) is 1. The van der Waals surface area contributed by atoms with Crippen LogP contribution in [0.1, 0.15) is 37.4 Å². The van der Waals surface area contributed by atoms with Crippen LogP contribution in [0, 0.1) is 5.92 Å². The van der Waals surface area contributed by atoms with E-state index in [1.165, 1.54) is 7.11 Å². The summed E-state index contributed by atoms with van der Waals surface area (Å²) in [7, 11) is 3.11. The number of ether oxygens (including phenoxy) is 2. The molecule has 0 aliphatic rings. The Labute approximate surface area is 228 Å². The fourth-order valence-electron chi connectivity index (χ4n) is 4.43. The van der Waals surface area contributed by atoms with E-state index in [1.54, 1.807) is 34.9 Å². The number of methoxy groups -OCH3 is 2. The van der Waals surface area contributed by atoms with Crippen molar-refractivity contribution in [2.45, 2.75) is 39.4 Å². The Kier molecular flexibility index (Phi) is 9.14. The number of rotatable bonds is 12. The maximum absolute atomic E-state index is 14.1. The number of nitrogens with zero attached hydrogens (tertiary/aromatic N) is 4. The van der Waals surface area contributed by atoms with Crippen LogP contribution in [0.2, 0.25) is 0 Å². The number of carbonyl (C=O) groups excluding carboxylic acids is 2. The number of para-hydroxylation sites is 1. The zero-order chi connectivity index (χ0) is 27.8. The quantitative estimate of drug-likeness (QED) is 0.292. The monoisotopic (exact) mass is 529 g/mol. The van der Waals surface area contributed by atoms with E-state index in [4.69, 9.17) is 9.47 Å². The standard InChI is InChI=1S/C30H35N5O4/c1-21(2)16-17-31-30(37)29(24-15-14-23(38-3)18-27(24)39-4)34(19-22-10-6-5-7-11-22)28(36)20-35-26-13-9-8-12-25(26)32-33-35/h5-15,18,21,29H,16-17,19-20H2,1-4H3,(H,31,37). The lowest BCUT2D eigenvalue weighted by molar-refractivity contribution is -0.142. The fraction of sp³-hybridized carbons (Fsp3) is 0.333. The van der Waals surface area contributed by atoms with Crippen molar-refractivity contribution < 1.29 is 19.1 Å². The first-order valence-electron chi connectivity index (χ1n) is 13.0. The summed E-state index contributed by atoms with van der Waals surface area (Å²) in [5.74, 6) is 0.894. The van der Waals surface area contributed by atoms with Gasteiger partial charge in [0.2, 0.25) is 11.8 Å². The number of carbonyl (C=O) groups is 2. The smallest absolute Gasteiger partial charge is 0.247 e. The molecule has 0 spiro atoms. The molecule has 1 N–H and O–H groups in total. The second-order valence-electron chi connectivity index (χ2n) is 9.73. The maximum Gasteiger partial charge on any atom is 0.247 e. The predicted molar refractivity (Wildman–Crippen MR) is 149 cm³/mol. The van der Waals surface area contributed by atoms with Crippen molar-refractivity contribution in [1.82, 2.24) is 25.2 Å². The lowest BCUT2D eigenvalue weighted by atomic mass is 10.0. The Hall–Kier alpha value is -4.40. The fourth-order valence-corrected chi connectivity index (χ4v) is 4.43. The van der Waals surface area contributed by atoms with Crippen molar-refractivity contribution >= 4 is 22.8 Å². The van der Waals surface area contributed by atoms with Crippen molar-refractivity contribution in [2.75, 3.05) is 20.8 Å². The summed E-state index contributed by atoms with van der Waals surface area (Å²) < 4.78 is 12.6. The summed E-state index contributed by atoms with van der Waals surface area (Å²) in [6, 6.07) is 21.4. The Bertz CT molecular complexity index is 1400. The van der Waals surface area contributed by atoms with E-state index in [0.29, 0.717) is 35.0 Å². The van der Waals surface area contributed by atoms with Crippen LogP contribution in [0.15, 0.2) is 72.8 Å². The molecule has 3 aromatic carbocycles. The average molecular weight is 530 g/mol. The van der Waals surface area contributed by atoms with Crippen molar-refractivity contribution in [3.05, 3.63) is 83.9 Å². The second kappa shape index (κ2) is 12.9. The molecular formula is C30H35N5O4. The van der Waals surface area contributed by atoms with Gasteiger partial charge in [0.05, 0.1) is 19.7 Å². The topological polar surface area (TPSA) is 98.6 Å². The van der Waals surface area contributed by atoms with Gasteiger partial charge >= 0.3 is 0 Å². The van der Waals surface area contributed by atoms with E-state index in [2.05, 4.69) is 29.5 Å². The van der Waals surface area contributed by atoms with Gasteiger partial charge < -0.3 is 19.7 Å². The van der Waals surface area contributed by atoms with Crippen LogP contribution in [-0.4, -0.2) is 52.5 Å². The van der Waals surface area contributed by atoms with Crippen molar-refractivity contribution in [3.8, 4) is 11.5 Å². The maximum atomic E-state index is 14.1. The molecule has 4 aromatic rings. The minimum absolute atomic E-state index is 0.0818. The van der Waals surface area contributed by atoms with Crippen molar-refractivity contribution in [1.29, 1.82) is 0 Å². The average Bonchev–Trinajstić information content (AvgIpc) is 3.35. The van der Waals surface area contributed by atoms with Crippen LogP contribution >= 0.6 is 0 Å².